The maximum Gasteiger partial charge on any atom is 0.186 e. The molecule has 0 bridgehead atoms. The van der Waals surface area contributed by atoms with Crippen molar-refractivity contribution in [3.8, 4) is 11.1 Å². The van der Waals surface area contributed by atoms with Gasteiger partial charge in [0.2, 0.25) is 0 Å². The van der Waals surface area contributed by atoms with Crippen molar-refractivity contribution in [2.45, 2.75) is 83.1 Å². The van der Waals surface area contributed by atoms with E-state index in [4.69, 9.17) is 0 Å². The number of hydrogen-bond donors (Lipinski definition) is 0. The lowest BCUT2D eigenvalue weighted by atomic mass is 9.72. The van der Waals surface area contributed by atoms with Crippen LogP contribution >= 0.6 is 63.7 Å². The predicted octanol–water partition coefficient (Wildman–Crippen LogP) is 15.4. The summed E-state index contributed by atoms with van der Waals surface area (Å²) < 4.78 is 3.18. The Balaban J connectivity index is 1.63. The maximum atomic E-state index is 13.3. The fourth-order valence-electron chi connectivity index (χ4n) is 5.63. The van der Waals surface area contributed by atoms with Crippen LogP contribution in [0.15, 0.2) is 133 Å². The van der Waals surface area contributed by atoms with Crippen LogP contribution in [0.1, 0.15) is 83.1 Å². The topological polar surface area (TPSA) is 83.6 Å². The molecule has 2 aliphatic carbocycles. The molecule has 0 saturated carbocycles. The minimum absolute atomic E-state index is 0.0834. The third-order valence-electron chi connectivity index (χ3n) is 8.56. The van der Waals surface area contributed by atoms with Crippen molar-refractivity contribution < 1.29 is 9.59 Å². The molecule has 0 radical (unpaired) electrons. The third kappa shape index (κ3) is 9.90. The molecule has 0 saturated heterocycles. The van der Waals surface area contributed by atoms with Crippen LogP contribution in [-0.4, -0.2) is 11.6 Å². The van der Waals surface area contributed by atoms with Crippen molar-refractivity contribution in [2.24, 2.45) is 42.1 Å². The van der Waals surface area contributed by atoms with Crippen LogP contribution in [0.3, 0.4) is 0 Å². The van der Waals surface area contributed by atoms with E-state index in [2.05, 4.69) is 84.2 Å². The normalized spacial score (nSPS) is 16.4. The minimum Gasteiger partial charge on any atom is -0.289 e. The van der Waals surface area contributed by atoms with E-state index < -0.39 is 0 Å². The van der Waals surface area contributed by atoms with Gasteiger partial charge in [0.1, 0.15) is 11.4 Å². The summed E-state index contributed by atoms with van der Waals surface area (Å²) in [5.41, 5.74) is 6.64. The van der Waals surface area contributed by atoms with Crippen molar-refractivity contribution in [1.29, 1.82) is 0 Å². The highest BCUT2D eigenvalue weighted by Gasteiger charge is 2.35. The molecule has 0 heterocycles. The molecule has 0 aromatic heterocycles. The zero-order valence-corrected chi connectivity index (χ0v) is 38.2. The second kappa shape index (κ2) is 15.6. The van der Waals surface area contributed by atoms with Crippen molar-refractivity contribution in [2.75, 3.05) is 0 Å². The number of carbonyl (C=O) groups is 2. The monoisotopic (exact) mass is 954 g/mol. The molecule has 0 unspecified atom stereocenters. The summed E-state index contributed by atoms with van der Waals surface area (Å²) in [7, 11) is 0. The molecule has 2 aromatic rings. The number of Topliss-reactive ketones (excluding diaryl/α,β-unsaturated/α-hetero) is 2. The van der Waals surface area contributed by atoms with Crippen molar-refractivity contribution in [3.05, 3.63) is 112 Å². The lowest BCUT2D eigenvalue weighted by molar-refractivity contribution is -0.114. The standard InChI is InChI=1S/C42H46Br4N4O2/c1-39(2,3)27-13-23(14-28(37(27)51)40(4,5)6)21-47-49-35-19-31(43)25(17-33(35)45)26-18-34(46)36(20-32(26)44)50-48-22-24-15-29(41(7,8)9)38(52)30(16-24)42(10,11)12/h13-22H,1-12H3/b49-47+,50-48+. The molecular formula is C42H46Br4N4O2. The van der Waals surface area contributed by atoms with E-state index in [1.165, 1.54) is 0 Å². The van der Waals surface area contributed by atoms with Crippen LogP contribution in [0, 0.1) is 21.7 Å². The Labute approximate surface area is 342 Å². The molecule has 6 nitrogen and oxygen atoms in total. The van der Waals surface area contributed by atoms with Gasteiger partial charge in [0.05, 0.1) is 12.4 Å². The zero-order chi connectivity index (χ0) is 39.1. The molecule has 4 rings (SSSR count). The fraction of sp³-hybridized carbons (Fsp3) is 0.381. The number of allylic oxidation sites excluding steroid dienone is 10. The van der Waals surface area contributed by atoms with Gasteiger partial charge in [-0.25, -0.2) is 0 Å². The van der Waals surface area contributed by atoms with Gasteiger partial charge in [0.15, 0.2) is 11.6 Å². The number of carbonyl (C=O) groups excluding carboxylic acids is 2. The largest absolute Gasteiger partial charge is 0.289 e. The molecule has 0 amide bonds. The fourth-order valence-corrected chi connectivity index (χ4v) is 7.57. The first-order valence-electron chi connectivity index (χ1n) is 17.0. The Kier molecular flexibility index (Phi) is 12.6. The smallest absolute Gasteiger partial charge is 0.186 e. The van der Waals surface area contributed by atoms with Gasteiger partial charge >= 0.3 is 0 Å². The molecular weight excluding hydrogens is 912 g/mol. The highest BCUT2D eigenvalue weighted by molar-refractivity contribution is 9.11. The van der Waals surface area contributed by atoms with E-state index in [1.807, 2.05) is 132 Å². The van der Waals surface area contributed by atoms with Crippen LogP contribution in [0.5, 0.6) is 0 Å². The Bertz CT molecular complexity index is 1860. The minimum atomic E-state index is -0.302. The number of benzene rings is 2. The zero-order valence-electron chi connectivity index (χ0n) is 31.9. The summed E-state index contributed by atoms with van der Waals surface area (Å²) in [6, 6.07) is 7.79. The number of ketones is 2. The predicted molar refractivity (Wildman–Crippen MR) is 228 cm³/mol. The van der Waals surface area contributed by atoms with E-state index in [1.54, 1.807) is 12.4 Å². The summed E-state index contributed by atoms with van der Waals surface area (Å²) in [6.45, 7) is 24.6. The van der Waals surface area contributed by atoms with E-state index in [-0.39, 0.29) is 33.2 Å². The summed E-state index contributed by atoms with van der Waals surface area (Å²) in [5, 5.41) is 17.8. The molecule has 274 valence electrons. The van der Waals surface area contributed by atoms with E-state index in [0.717, 1.165) is 62.5 Å². The van der Waals surface area contributed by atoms with Gasteiger partial charge in [-0.3, -0.25) is 9.59 Å². The van der Waals surface area contributed by atoms with Crippen molar-refractivity contribution >= 4 is 86.7 Å². The average molecular weight is 958 g/mol. The Morgan fingerprint density at radius 1 is 0.442 bits per heavy atom. The second-order valence-corrected chi connectivity index (χ2v) is 20.6. The number of hydrogen-bond acceptors (Lipinski definition) is 6. The van der Waals surface area contributed by atoms with Crippen LogP contribution < -0.4 is 0 Å². The maximum absolute atomic E-state index is 13.3. The molecule has 0 fully saturated rings. The van der Waals surface area contributed by atoms with E-state index in [9.17, 15) is 9.59 Å². The van der Waals surface area contributed by atoms with Gasteiger partial charge in [-0.05, 0) is 124 Å². The molecule has 10 heteroatoms. The van der Waals surface area contributed by atoms with Crippen molar-refractivity contribution in [1.82, 2.24) is 0 Å². The van der Waals surface area contributed by atoms with Crippen molar-refractivity contribution in [3.63, 3.8) is 0 Å². The first kappa shape index (κ1) is 42.1. The van der Waals surface area contributed by atoms with E-state index in [0.29, 0.717) is 11.4 Å². The molecule has 2 aromatic carbocycles. The highest BCUT2D eigenvalue weighted by atomic mass is 79.9. The van der Waals surface area contributed by atoms with Gasteiger partial charge in [0.25, 0.3) is 0 Å². The molecule has 2 aliphatic rings. The quantitative estimate of drug-likeness (QED) is 0.280. The van der Waals surface area contributed by atoms with E-state index >= 15 is 0 Å². The number of rotatable bonds is 5. The van der Waals surface area contributed by atoms with Crippen LogP contribution in [0.4, 0.5) is 11.4 Å². The Morgan fingerprint density at radius 3 is 0.962 bits per heavy atom. The van der Waals surface area contributed by atoms with Gasteiger partial charge in [-0.15, -0.1) is 10.2 Å². The average Bonchev–Trinajstić information content (AvgIpc) is 2.99. The summed E-state index contributed by atoms with van der Waals surface area (Å²) in [4.78, 5) is 26.6. The number of halogens is 4. The summed E-state index contributed by atoms with van der Waals surface area (Å²) in [5.74, 6) is 0.167. The SMILES string of the molecule is CC(C)(C)C1=CC(=C/N=N/c2cc(Br)c(-c3cc(Br)c(/N=N/C=C4C=C(C(C)(C)C)C(=O)C(C(C)(C)C)=C4)cc3Br)cc2Br)C=C(C(C)(C)C)C1=O. The molecule has 0 aliphatic heterocycles. The summed E-state index contributed by atoms with van der Waals surface area (Å²) in [6.07, 6.45) is 11.1. The van der Waals surface area contributed by atoms with Crippen LogP contribution in [0.2, 0.25) is 0 Å². The van der Waals surface area contributed by atoms with Crippen LogP contribution in [0.25, 0.3) is 11.1 Å². The Hall–Kier alpha value is -2.66. The first-order chi connectivity index (χ1) is 23.8. The number of nitrogens with zero attached hydrogens (tertiary/aromatic N) is 4. The lowest BCUT2D eigenvalue weighted by Crippen LogP contribution is -2.27. The van der Waals surface area contributed by atoms with Crippen LogP contribution in [-0.2, 0) is 9.59 Å². The van der Waals surface area contributed by atoms with Gasteiger partial charge < -0.3 is 0 Å². The highest BCUT2D eigenvalue weighted by Crippen LogP contribution is 2.44. The second-order valence-electron chi connectivity index (χ2n) is 17.1. The Morgan fingerprint density at radius 2 is 0.712 bits per heavy atom. The molecule has 0 N–H and O–H groups in total. The number of azo groups is 2. The molecule has 0 atom stereocenters. The molecule has 0 spiro atoms. The van der Waals surface area contributed by atoms with Gasteiger partial charge in [-0.2, -0.15) is 10.2 Å². The van der Waals surface area contributed by atoms with Gasteiger partial charge in [0, 0.05) is 40.2 Å². The van der Waals surface area contributed by atoms with Gasteiger partial charge in [-0.1, -0.05) is 115 Å². The molecule has 52 heavy (non-hydrogen) atoms. The summed E-state index contributed by atoms with van der Waals surface area (Å²) >= 11 is 14.9. The lowest BCUT2D eigenvalue weighted by Gasteiger charge is -2.31. The third-order valence-corrected chi connectivity index (χ3v) is 11.1. The first-order valence-corrected chi connectivity index (χ1v) is 20.1.